The molecule has 2 saturated heterocycles. The fourth-order valence-corrected chi connectivity index (χ4v) is 6.71. The van der Waals surface area contributed by atoms with E-state index < -0.39 is 11.2 Å². The monoisotopic (exact) mass is 724 g/mol. The molecule has 7 N–H and O–H groups in total. The smallest absolute Gasteiger partial charge is 0.410 e. The average Bonchev–Trinajstić information content (AvgIpc) is 3.83. The van der Waals surface area contributed by atoms with Crippen LogP contribution in [0.4, 0.5) is 27.3 Å². The molecule has 4 aliphatic rings. The molecule has 2 saturated carbocycles. The summed E-state index contributed by atoms with van der Waals surface area (Å²) in [6, 6.07) is 3.76. The van der Waals surface area contributed by atoms with E-state index in [0.29, 0.717) is 23.9 Å². The summed E-state index contributed by atoms with van der Waals surface area (Å²) in [5, 5.41) is 5.47. The van der Waals surface area contributed by atoms with E-state index in [1.54, 1.807) is 12.3 Å². The van der Waals surface area contributed by atoms with Crippen LogP contribution in [0.15, 0.2) is 24.5 Å². The van der Waals surface area contributed by atoms with Crippen molar-refractivity contribution in [2.24, 2.45) is 0 Å². The van der Waals surface area contributed by atoms with Crippen LogP contribution in [0.2, 0.25) is 5.15 Å². The molecule has 8 rings (SSSR count). The Balaban J connectivity index is 0.000000146. The fourth-order valence-electron chi connectivity index (χ4n) is 6.47. The predicted octanol–water partition coefficient (Wildman–Crippen LogP) is 4.68. The van der Waals surface area contributed by atoms with Gasteiger partial charge >= 0.3 is 12.2 Å². The van der Waals surface area contributed by atoms with Gasteiger partial charge in [-0.05, 0) is 79.4 Å². The topological polar surface area (TPSA) is 210 Å². The summed E-state index contributed by atoms with van der Waals surface area (Å²) in [7, 11) is 0. The second-order valence-electron chi connectivity index (χ2n) is 15.6. The first-order valence-corrected chi connectivity index (χ1v) is 17.7. The Morgan fingerprint density at radius 3 is 1.86 bits per heavy atom. The van der Waals surface area contributed by atoms with Gasteiger partial charge in [0.2, 0.25) is 11.9 Å². The van der Waals surface area contributed by atoms with Gasteiger partial charge in [-0.1, -0.05) is 11.6 Å². The molecule has 51 heavy (non-hydrogen) atoms. The van der Waals surface area contributed by atoms with E-state index in [-0.39, 0.29) is 35.2 Å². The van der Waals surface area contributed by atoms with Crippen molar-refractivity contribution in [1.29, 1.82) is 0 Å². The minimum absolute atomic E-state index is 0.0839. The summed E-state index contributed by atoms with van der Waals surface area (Å²) in [6.45, 7) is 16.0. The number of amides is 2. The molecule has 0 bridgehead atoms. The van der Waals surface area contributed by atoms with Crippen LogP contribution in [-0.2, 0) is 9.47 Å². The van der Waals surface area contributed by atoms with E-state index in [1.807, 2.05) is 63.6 Å². The third kappa shape index (κ3) is 8.33. The summed E-state index contributed by atoms with van der Waals surface area (Å²) in [5.41, 5.74) is 11.7. The maximum absolute atomic E-state index is 12.6. The number of aromatic nitrogens is 6. The maximum Gasteiger partial charge on any atom is 0.410 e. The standard InChI is InChI=1S/C17H24N6O2.C11H20N2O2.C6H5ClN4/c1-16(2,3)25-15(24)23-9-8-22(10-17(23)5-6-17)13-11-4-7-19-12(11)20-14(18)21-13;1-10(2,3)15-9(14)13-7-6-12-8-11(13)4-5-11;7-4-3-1-2-9-5(3)11-6(8)10-4/h4,7H,5-6,8-10H2,1-3H3,(H3,18,19,20,21);12H,4-8H2,1-3H3;1-2H,(H3,8,9,10,11). The first-order valence-electron chi connectivity index (χ1n) is 17.3. The number of aromatic amines is 2. The Kier molecular flexibility index (Phi) is 9.61. The van der Waals surface area contributed by atoms with Gasteiger partial charge in [0, 0.05) is 51.7 Å². The predicted molar refractivity (Wildman–Crippen MR) is 197 cm³/mol. The molecular weight excluding hydrogens is 676 g/mol. The summed E-state index contributed by atoms with van der Waals surface area (Å²) in [4.78, 5) is 52.9. The normalized spacial score (nSPS) is 18.9. The average molecular weight is 725 g/mol. The highest BCUT2D eigenvalue weighted by molar-refractivity contribution is 6.34. The van der Waals surface area contributed by atoms with Crippen molar-refractivity contribution in [2.45, 2.75) is 89.5 Å². The first kappa shape index (κ1) is 36.2. The van der Waals surface area contributed by atoms with Crippen LogP contribution in [0.3, 0.4) is 0 Å². The number of halogens is 1. The molecule has 4 aromatic rings. The van der Waals surface area contributed by atoms with E-state index in [1.165, 1.54) is 0 Å². The Morgan fingerprint density at radius 1 is 0.765 bits per heavy atom. The van der Waals surface area contributed by atoms with E-state index in [9.17, 15) is 9.59 Å². The zero-order valence-corrected chi connectivity index (χ0v) is 30.9. The number of nitrogens with two attached hydrogens (primary N) is 2. The number of rotatable bonds is 1. The van der Waals surface area contributed by atoms with Gasteiger partial charge in [-0.3, -0.25) is 9.80 Å². The second-order valence-corrected chi connectivity index (χ2v) is 15.9. The van der Waals surface area contributed by atoms with Crippen LogP contribution < -0.4 is 21.7 Å². The lowest BCUT2D eigenvalue weighted by atomic mass is 10.1. The third-order valence-electron chi connectivity index (χ3n) is 9.17. The van der Waals surface area contributed by atoms with Crippen LogP contribution in [-0.4, -0.2) is 113 Å². The van der Waals surface area contributed by atoms with E-state index in [0.717, 1.165) is 74.1 Å². The fraction of sp³-hybridized carbons (Fsp3) is 0.588. The number of nitrogens with one attached hydrogen (secondary N) is 3. The Hall–Kier alpha value is -4.57. The number of hydrogen-bond donors (Lipinski definition) is 5. The quantitative estimate of drug-likeness (QED) is 0.170. The van der Waals surface area contributed by atoms with Gasteiger partial charge in [-0.15, -0.1) is 0 Å². The summed E-state index contributed by atoms with van der Waals surface area (Å²) >= 11 is 5.75. The Morgan fingerprint density at radius 2 is 1.29 bits per heavy atom. The molecule has 276 valence electrons. The number of anilines is 3. The highest BCUT2D eigenvalue weighted by Gasteiger charge is 2.55. The minimum Gasteiger partial charge on any atom is -0.444 e. The molecule has 2 aliphatic carbocycles. The lowest BCUT2D eigenvalue weighted by Crippen LogP contribution is -2.58. The highest BCUT2D eigenvalue weighted by atomic mass is 35.5. The van der Waals surface area contributed by atoms with Crippen molar-refractivity contribution in [2.75, 3.05) is 55.6 Å². The summed E-state index contributed by atoms with van der Waals surface area (Å²) in [5.74, 6) is 1.27. The molecule has 6 heterocycles. The Labute approximate surface area is 302 Å². The summed E-state index contributed by atoms with van der Waals surface area (Å²) < 4.78 is 11.0. The van der Waals surface area contributed by atoms with E-state index >= 15 is 0 Å². The minimum atomic E-state index is -0.483. The third-order valence-corrected chi connectivity index (χ3v) is 9.46. The van der Waals surface area contributed by atoms with Crippen molar-refractivity contribution in [1.82, 2.24) is 45.0 Å². The number of H-pyrrole nitrogens is 2. The zero-order chi connectivity index (χ0) is 36.8. The SMILES string of the molecule is CC(C)(C)OC(=O)N1CCN(c2nc(N)nc3[nH]ccc23)CC12CC2.CC(C)(C)OC(=O)N1CCNCC12CC2.Nc1nc(Cl)c2cc[nH]c2n1. The molecule has 2 spiro atoms. The lowest BCUT2D eigenvalue weighted by molar-refractivity contribution is 0.00796. The van der Waals surface area contributed by atoms with Crippen molar-refractivity contribution in [3.05, 3.63) is 29.7 Å². The molecule has 0 unspecified atom stereocenters. The van der Waals surface area contributed by atoms with Crippen molar-refractivity contribution >= 4 is 63.6 Å². The number of ether oxygens (including phenoxy) is 2. The van der Waals surface area contributed by atoms with Gasteiger partial charge in [0.1, 0.15) is 33.5 Å². The van der Waals surface area contributed by atoms with Crippen LogP contribution in [0.25, 0.3) is 22.1 Å². The molecule has 2 aliphatic heterocycles. The molecule has 17 heteroatoms. The number of carbonyl (C=O) groups is 2. The van der Waals surface area contributed by atoms with Crippen molar-refractivity contribution < 1.29 is 19.1 Å². The molecule has 0 atom stereocenters. The molecule has 16 nitrogen and oxygen atoms in total. The van der Waals surface area contributed by atoms with E-state index in [2.05, 4.69) is 40.1 Å². The largest absolute Gasteiger partial charge is 0.444 e. The molecule has 4 fully saturated rings. The number of piperazine rings is 2. The first-order chi connectivity index (χ1) is 24.0. The van der Waals surface area contributed by atoms with E-state index in [4.69, 9.17) is 32.5 Å². The van der Waals surface area contributed by atoms with Crippen molar-refractivity contribution in [3.8, 4) is 0 Å². The molecule has 4 aromatic heterocycles. The summed E-state index contributed by atoms with van der Waals surface area (Å²) in [6.07, 6.45) is 7.40. The molecule has 0 radical (unpaired) electrons. The van der Waals surface area contributed by atoms with Gasteiger partial charge in [0.05, 0.1) is 21.9 Å². The van der Waals surface area contributed by atoms with Gasteiger partial charge in [0.15, 0.2) is 0 Å². The molecule has 0 aromatic carbocycles. The number of fused-ring (bicyclic) bond motifs is 2. The van der Waals surface area contributed by atoms with Crippen molar-refractivity contribution in [3.63, 3.8) is 0 Å². The number of nitrogens with zero attached hydrogens (tertiary/aromatic N) is 7. The van der Waals surface area contributed by atoms with Gasteiger partial charge in [-0.2, -0.15) is 15.0 Å². The highest BCUT2D eigenvalue weighted by Crippen LogP contribution is 2.46. The number of carbonyl (C=O) groups excluding carboxylic acids is 2. The maximum atomic E-state index is 12.6. The zero-order valence-electron chi connectivity index (χ0n) is 30.2. The second kappa shape index (κ2) is 13.5. The molecular formula is C34H49ClN12O4. The van der Waals surface area contributed by atoms with Gasteiger partial charge in [-0.25, -0.2) is 14.6 Å². The Bertz CT molecular complexity index is 1890. The molecule has 2 amide bonds. The van der Waals surface area contributed by atoms with Crippen LogP contribution >= 0.6 is 11.6 Å². The van der Waals surface area contributed by atoms with Crippen LogP contribution in [0, 0.1) is 0 Å². The van der Waals surface area contributed by atoms with Gasteiger partial charge in [0.25, 0.3) is 0 Å². The lowest BCUT2D eigenvalue weighted by Gasteiger charge is -2.43. The van der Waals surface area contributed by atoms with Gasteiger partial charge < -0.3 is 41.1 Å². The van der Waals surface area contributed by atoms with Crippen LogP contribution in [0.5, 0.6) is 0 Å². The number of nitrogen functional groups attached to an aromatic ring is 2. The number of hydrogen-bond acceptors (Lipinski definition) is 12. The van der Waals surface area contributed by atoms with Crippen LogP contribution in [0.1, 0.15) is 67.2 Å².